The van der Waals surface area contributed by atoms with Gasteiger partial charge in [0, 0.05) is 30.4 Å². The molecule has 2 N–H and O–H groups in total. The van der Waals surface area contributed by atoms with Gasteiger partial charge in [0.05, 0.1) is 5.41 Å². The third-order valence-corrected chi connectivity index (χ3v) is 4.08. The van der Waals surface area contributed by atoms with E-state index in [1.165, 1.54) is 0 Å². The van der Waals surface area contributed by atoms with Gasteiger partial charge in [-0.15, -0.1) is 0 Å². The van der Waals surface area contributed by atoms with Crippen LogP contribution in [0.2, 0.25) is 0 Å². The summed E-state index contributed by atoms with van der Waals surface area (Å²) in [5, 5.41) is 10.3. The van der Waals surface area contributed by atoms with Crippen molar-refractivity contribution < 1.29 is 14.7 Å². The zero-order valence-corrected chi connectivity index (χ0v) is 11.2. The topological polar surface area (TPSA) is 73.4 Å². The Morgan fingerprint density at radius 2 is 2.15 bits per heavy atom. The highest BCUT2D eigenvalue weighted by molar-refractivity contribution is 5.98. The number of rotatable bonds is 2. The average molecular weight is 272 g/mol. The van der Waals surface area contributed by atoms with Crippen molar-refractivity contribution in [3.05, 3.63) is 36.0 Å². The first kappa shape index (κ1) is 12.7. The third-order valence-electron chi connectivity index (χ3n) is 4.08. The minimum absolute atomic E-state index is 0.105. The molecular weight excluding hydrogens is 256 g/mol. The molecule has 1 aromatic heterocycles. The molecule has 20 heavy (non-hydrogen) atoms. The summed E-state index contributed by atoms with van der Waals surface area (Å²) >= 11 is 0. The highest BCUT2D eigenvalue weighted by atomic mass is 16.4. The predicted molar refractivity (Wildman–Crippen MR) is 74.6 cm³/mol. The molecule has 0 radical (unpaired) electrons. The molecule has 0 saturated carbocycles. The van der Waals surface area contributed by atoms with E-state index in [0.29, 0.717) is 18.5 Å². The predicted octanol–water partition coefficient (Wildman–Crippen LogP) is 2.10. The number of carboxylic acid groups (broad SMARTS) is 1. The molecule has 5 nitrogen and oxygen atoms in total. The Kier molecular flexibility index (Phi) is 2.78. The molecule has 1 amide bonds. The van der Waals surface area contributed by atoms with Gasteiger partial charge in [0.1, 0.15) is 0 Å². The number of aliphatic carboxylic acids is 1. The summed E-state index contributed by atoms with van der Waals surface area (Å²) in [6.45, 7) is 2.45. The van der Waals surface area contributed by atoms with Crippen LogP contribution in [-0.2, 0) is 4.79 Å². The zero-order valence-electron chi connectivity index (χ0n) is 11.2. The Bertz CT molecular complexity index is 691. The van der Waals surface area contributed by atoms with Crippen LogP contribution in [0.3, 0.4) is 0 Å². The average Bonchev–Trinajstić information content (AvgIpc) is 3.04. The van der Waals surface area contributed by atoms with E-state index >= 15 is 0 Å². The summed E-state index contributed by atoms with van der Waals surface area (Å²) in [5.74, 6) is -0.945. The van der Waals surface area contributed by atoms with Crippen molar-refractivity contribution in [2.45, 2.75) is 13.3 Å². The van der Waals surface area contributed by atoms with Crippen LogP contribution in [0.5, 0.6) is 0 Å². The number of aromatic nitrogens is 1. The highest BCUT2D eigenvalue weighted by Crippen LogP contribution is 2.31. The number of carbonyl (C=O) groups excluding carboxylic acids is 1. The maximum atomic E-state index is 12.4. The molecule has 1 saturated heterocycles. The van der Waals surface area contributed by atoms with Crippen LogP contribution >= 0.6 is 0 Å². The van der Waals surface area contributed by atoms with Crippen molar-refractivity contribution in [1.29, 1.82) is 0 Å². The van der Waals surface area contributed by atoms with E-state index in [4.69, 9.17) is 0 Å². The van der Waals surface area contributed by atoms with Gasteiger partial charge in [-0.05, 0) is 36.9 Å². The Hall–Kier alpha value is -2.30. The lowest BCUT2D eigenvalue weighted by atomic mass is 9.90. The van der Waals surface area contributed by atoms with Crippen LogP contribution in [0, 0.1) is 5.41 Å². The van der Waals surface area contributed by atoms with E-state index in [1.54, 1.807) is 17.9 Å². The summed E-state index contributed by atoms with van der Waals surface area (Å²) in [7, 11) is 0. The Balaban J connectivity index is 1.84. The van der Waals surface area contributed by atoms with Crippen molar-refractivity contribution in [2.24, 2.45) is 5.41 Å². The van der Waals surface area contributed by atoms with Gasteiger partial charge in [-0.3, -0.25) is 9.59 Å². The SMILES string of the molecule is C[C@@]1(C(=O)O)CCN(C(=O)c2ccc3cc[nH]c3c2)C1. The number of carbonyl (C=O) groups is 2. The lowest BCUT2D eigenvalue weighted by Gasteiger charge is -2.20. The number of hydrogen-bond acceptors (Lipinski definition) is 2. The summed E-state index contributed by atoms with van der Waals surface area (Å²) in [4.78, 5) is 28.4. The molecule has 0 aliphatic carbocycles. The lowest BCUT2D eigenvalue weighted by molar-refractivity contribution is -0.147. The molecule has 0 bridgehead atoms. The molecule has 1 aromatic carbocycles. The van der Waals surface area contributed by atoms with E-state index in [-0.39, 0.29) is 12.5 Å². The van der Waals surface area contributed by atoms with Crippen LogP contribution < -0.4 is 0 Å². The maximum Gasteiger partial charge on any atom is 0.311 e. The second kappa shape index (κ2) is 4.37. The monoisotopic (exact) mass is 272 g/mol. The van der Waals surface area contributed by atoms with E-state index in [1.807, 2.05) is 24.4 Å². The van der Waals surface area contributed by atoms with Crippen molar-refractivity contribution in [3.8, 4) is 0 Å². The number of likely N-dealkylation sites (tertiary alicyclic amines) is 1. The molecule has 104 valence electrons. The van der Waals surface area contributed by atoms with E-state index in [2.05, 4.69) is 4.98 Å². The maximum absolute atomic E-state index is 12.4. The van der Waals surface area contributed by atoms with Gasteiger partial charge in [-0.1, -0.05) is 6.07 Å². The molecular formula is C15H16N2O3. The molecule has 5 heteroatoms. The highest BCUT2D eigenvalue weighted by Gasteiger charge is 2.42. The molecule has 1 fully saturated rings. The summed E-state index contributed by atoms with van der Waals surface area (Å²) in [6, 6.07) is 7.44. The molecule has 0 unspecified atom stereocenters. The molecule has 1 atom stereocenters. The number of H-pyrrole nitrogens is 1. The molecule has 1 aliphatic heterocycles. The van der Waals surface area contributed by atoms with Crippen molar-refractivity contribution >= 4 is 22.8 Å². The number of nitrogens with zero attached hydrogens (tertiary/aromatic N) is 1. The Morgan fingerprint density at radius 3 is 2.85 bits per heavy atom. The number of nitrogens with one attached hydrogen (secondary N) is 1. The number of carboxylic acids is 1. The second-order valence-electron chi connectivity index (χ2n) is 5.62. The first-order valence-corrected chi connectivity index (χ1v) is 6.59. The number of benzene rings is 1. The fraction of sp³-hybridized carbons (Fsp3) is 0.333. The standard InChI is InChI=1S/C15H16N2O3/c1-15(14(19)20)5-7-17(9-15)13(18)11-3-2-10-4-6-16-12(10)8-11/h2-4,6,8,16H,5,7,9H2,1H3,(H,19,20)/t15-/m1/s1. The minimum atomic E-state index is -0.840. The van der Waals surface area contributed by atoms with E-state index < -0.39 is 11.4 Å². The van der Waals surface area contributed by atoms with Gasteiger partial charge >= 0.3 is 5.97 Å². The van der Waals surface area contributed by atoms with Gasteiger partial charge in [0.25, 0.3) is 5.91 Å². The van der Waals surface area contributed by atoms with E-state index in [9.17, 15) is 14.7 Å². The van der Waals surface area contributed by atoms with Crippen LogP contribution in [0.25, 0.3) is 10.9 Å². The molecule has 1 aliphatic rings. The molecule has 0 spiro atoms. The molecule has 2 heterocycles. The number of hydrogen-bond donors (Lipinski definition) is 2. The van der Waals surface area contributed by atoms with Gasteiger partial charge < -0.3 is 15.0 Å². The van der Waals surface area contributed by atoms with Crippen LogP contribution in [0.4, 0.5) is 0 Å². The number of fused-ring (bicyclic) bond motifs is 1. The molecule has 2 aromatic rings. The van der Waals surface area contributed by atoms with Gasteiger partial charge in [-0.25, -0.2) is 0 Å². The van der Waals surface area contributed by atoms with Crippen LogP contribution in [0.1, 0.15) is 23.7 Å². The smallest absolute Gasteiger partial charge is 0.311 e. The largest absolute Gasteiger partial charge is 0.481 e. The number of amides is 1. The number of aromatic amines is 1. The minimum Gasteiger partial charge on any atom is -0.481 e. The first-order chi connectivity index (χ1) is 9.49. The van der Waals surface area contributed by atoms with Gasteiger partial charge in [-0.2, -0.15) is 0 Å². The summed E-state index contributed by atoms with van der Waals surface area (Å²) < 4.78 is 0. The van der Waals surface area contributed by atoms with Crippen molar-refractivity contribution in [1.82, 2.24) is 9.88 Å². The zero-order chi connectivity index (χ0) is 14.3. The van der Waals surface area contributed by atoms with Gasteiger partial charge in [0.2, 0.25) is 0 Å². The van der Waals surface area contributed by atoms with E-state index in [0.717, 1.165) is 10.9 Å². The van der Waals surface area contributed by atoms with Crippen molar-refractivity contribution in [2.75, 3.05) is 13.1 Å². The van der Waals surface area contributed by atoms with Gasteiger partial charge in [0.15, 0.2) is 0 Å². The Morgan fingerprint density at radius 1 is 1.35 bits per heavy atom. The summed E-state index contributed by atoms with van der Waals surface area (Å²) in [6.07, 6.45) is 2.33. The second-order valence-corrected chi connectivity index (χ2v) is 5.62. The lowest BCUT2D eigenvalue weighted by Crippen LogP contribution is -2.34. The third kappa shape index (κ3) is 1.95. The fourth-order valence-corrected chi connectivity index (χ4v) is 2.67. The van der Waals surface area contributed by atoms with Crippen molar-refractivity contribution in [3.63, 3.8) is 0 Å². The van der Waals surface area contributed by atoms with Crippen LogP contribution in [-0.4, -0.2) is 40.0 Å². The van der Waals surface area contributed by atoms with Crippen LogP contribution in [0.15, 0.2) is 30.5 Å². The Labute approximate surface area is 116 Å². The first-order valence-electron chi connectivity index (χ1n) is 6.59. The fourth-order valence-electron chi connectivity index (χ4n) is 2.67. The summed E-state index contributed by atoms with van der Waals surface area (Å²) in [5.41, 5.74) is 0.678. The quantitative estimate of drug-likeness (QED) is 0.879. The molecule has 3 rings (SSSR count). The normalized spacial score (nSPS) is 22.4.